The summed E-state index contributed by atoms with van der Waals surface area (Å²) in [7, 11) is 0. The summed E-state index contributed by atoms with van der Waals surface area (Å²) in [4.78, 5) is 12.3. The van der Waals surface area contributed by atoms with Gasteiger partial charge >= 0.3 is 5.97 Å². The van der Waals surface area contributed by atoms with E-state index in [4.69, 9.17) is 14.2 Å². The molecule has 0 amide bonds. The van der Waals surface area contributed by atoms with E-state index in [1.165, 1.54) is 57.8 Å². The maximum Gasteiger partial charge on any atom is 0.306 e. The van der Waals surface area contributed by atoms with E-state index in [0.29, 0.717) is 13.0 Å². The van der Waals surface area contributed by atoms with E-state index in [9.17, 15) is 15.0 Å². The molecule has 2 aliphatic rings. The number of carbonyl (C=O) groups excluding carboxylic acids is 1. The van der Waals surface area contributed by atoms with Crippen molar-refractivity contribution in [1.29, 1.82) is 0 Å². The van der Waals surface area contributed by atoms with Gasteiger partial charge in [0.15, 0.2) is 6.10 Å². The van der Waals surface area contributed by atoms with Crippen LogP contribution in [0, 0.1) is 5.92 Å². The fourth-order valence-corrected chi connectivity index (χ4v) is 4.82. The Bertz CT molecular complexity index is 561. The van der Waals surface area contributed by atoms with Crippen molar-refractivity contribution in [2.24, 2.45) is 5.92 Å². The number of hydrogen-bond donors (Lipinski definition) is 2. The van der Waals surface area contributed by atoms with Gasteiger partial charge in [0.2, 0.25) is 0 Å². The molecule has 33 heavy (non-hydrogen) atoms. The van der Waals surface area contributed by atoms with Crippen molar-refractivity contribution in [1.82, 2.24) is 0 Å². The van der Waals surface area contributed by atoms with Crippen LogP contribution in [0.3, 0.4) is 0 Å². The Morgan fingerprint density at radius 2 is 1.58 bits per heavy atom. The first-order valence-corrected chi connectivity index (χ1v) is 13.4. The molecule has 0 aliphatic carbocycles. The van der Waals surface area contributed by atoms with Crippen LogP contribution >= 0.6 is 0 Å². The topological polar surface area (TPSA) is 85.2 Å². The molecule has 6 heteroatoms. The molecular weight excluding hydrogens is 420 g/mol. The van der Waals surface area contributed by atoms with Crippen molar-refractivity contribution >= 4 is 5.97 Å². The highest BCUT2D eigenvalue weighted by atomic mass is 16.6. The number of aliphatic hydroxyl groups excluding tert-OH is 2. The van der Waals surface area contributed by atoms with Crippen LogP contribution in [0.25, 0.3) is 0 Å². The van der Waals surface area contributed by atoms with Crippen LogP contribution in [0.1, 0.15) is 104 Å². The van der Waals surface area contributed by atoms with Crippen molar-refractivity contribution in [2.45, 2.75) is 128 Å². The summed E-state index contributed by atoms with van der Waals surface area (Å²) >= 11 is 0. The predicted molar refractivity (Wildman–Crippen MR) is 130 cm³/mol. The average Bonchev–Trinajstić information content (AvgIpc) is 3.16. The molecule has 0 saturated carbocycles. The quantitative estimate of drug-likeness (QED) is 0.165. The second kappa shape index (κ2) is 15.9. The third kappa shape index (κ3) is 8.97. The van der Waals surface area contributed by atoms with Crippen molar-refractivity contribution in [3.05, 3.63) is 12.2 Å². The van der Waals surface area contributed by atoms with Gasteiger partial charge in [0.1, 0.15) is 17.8 Å². The summed E-state index contributed by atoms with van der Waals surface area (Å²) in [5, 5.41) is 20.1. The van der Waals surface area contributed by atoms with Crippen LogP contribution in [0.15, 0.2) is 12.2 Å². The van der Waals surface area contributed by atoms with Crippen molar-refractivity contribution in [3.63, 3.8) is 0 Å². The predicted octanol–water partition coefficient (Wildman–Crippen LogP) is 5.09. The van der Waals surface area contributed by atoms with E-state index in [2.05, 4.69) is 19.1 Å². The summed E-state index contributed by atoms with van der Waals surface area (Å²) in [5.41, 5.74) is -0.883. The number of rotatable bonds is 18. The lowest BCUT2D eigenvalue weighted by Crippen LogP contribution is -2.66. The Kier molecular flexibility index (Phi) is 13.6. The minimum atomic E-state index is -0.883. The van der Waals surface area contributed by atoms with Crippen LogP contribution in [0.4, 0.5) is 0 Å². The van der Waals surface area contributed by atoms with E-state index in [-0.39, 0.29) is 25.1 Å². The van der Waals surface area contributed by atoms with Gasteiger partial charge in [-0.15, -0.1) is 0 Å². The monoisotopic (exact) mass is 468 g/mol. The third-order valence-electron chi connectivity index (χ3n) is 7.20. The zero-order valence-corrected chi connectivity index (χ0v) is 21.0. The number of carbonyl (C=O) groups is 1. The zero-order valence-electron chi connectivity index (χ0n) is 21.0. The zero-order chi connectivity index (χ0) is 23.9. The first-order chi connectivity index (χ1) is 16.0. The van der Waals surface area contributed by atoms with Gasteiger partial charge in [-0.3, -0.25) is 4.79 Å². The lowest BCUT2D eigenvalue weighted by molar-refractivity contribution is -0.275. The van der Waals surface area contributed by atoms with E-state index >= 15 is 0 Å². The van der Waals surface area contributed by atoms with Crippen LogP contribution < -0.4 is 0 Å². The molecule has 2 fully saturated rings. The lowest BCUT2D eigenvalue weighted by atomic mass is 9.77. The molecule has 0 aromatic heterocycles. The fourth-order valence-electron chi connectivity index (χ4n) is 4.82. The molecule has 0 aromatic rings. The molecule has 2 aliphatic heterocycles. The minimum Gasteiger partial charge on any atom is -0.457 e. The number of esters is 1. The number of allylic oxidation sites excluding steroid dienone is 2. The van der Waals surface area contributed by atoms with Crippen molar-refractivity contribution in [3.8, 4) is 0 Å². The lowest BCUT2D eigenvalue weighted by Gasteiger charge is -2.50. The molecule has 0 spiro atoms. The SMILES string of the molecule is CCCCCCCC/C=C\CCCCCCCC(=O)O[C@@H]1[C@@H](O)CO[C@@H]1[C@@]1(CO)OCC1C. The van der Waals surface area contributed by atoms with Gasteiger partial charge in [0.05, 0.1) is 19.8 Å². The number of ether oxygens (including phenoxy) is 3. The Balaban J connectivity index is 1.49. The molecule has 0 aromatic carbocycles. The van der Waals surface area contributed by atoms with E-state index in [1.54, 1.807) is 0 Å². The Morgan fingerprint density at radius 3 is 2.12 bits per heavy atom. The van der Waals surface area contributed by atoms with E-state index in [1.807, 2.05) is 6.92 Å². The molecule has 6 nitrogen and oxygen atoms in total. The molecule has 2 saturated heterocycles. The Hall–Kier alpha value is -0.950. The van der Waals surface area contributed by atoms with E-state index < -0.39 is 23.9 Å². The maximum atomic E-state index is 12.3. The van der Waals surface area contributed by atoms with Gasteiger partial charge in [-0.05, 0) is 32.1 Å². The molecule has 0 bridgehead atoms. The number of unbranched alkanes of at least 4 members (excludes halogenated alkanes) is 11. The highest BCUT2D eigenvalue weighted by Crippen LogP contribution is 2.41. The summed E-state index contributed by atoms with van der Waals surface area (Å²) in [6, 6.07) is 0. The largest absolute Gasteiger partial charge is 0.457 e. The minimum absolute atomic E-state index is 0.0874. The van der Waals surface area contributed by atoms with E-state index in [0.717, 1.165) is 25.7 Å². The van der Waals surface area contributed by atoms with Gasteiger partial charge < -0.3 is 24.4 Å². The van der Waals surface area contributed by atoms with Gasteiger partial charge in [-0.25, -0.2) is 0 Å². The molecule has 192 valence electrons. The summed E-state index contributed by atoms with van der Waals surface area (Å²) in [6.07, 6.45) is 18.5. The third-order valence-corrected chi connectivity index (χ3v) is 7.20. The second-order valence-electron chi connectivity index (χ2n) is 9.94. The second-order valence-corrected chi connectivity index (χ2v) is 9.94. The number of hydrogen-bond acceptors (Lipinski definition) is 6. The molecule has 0 radical (unpaired) electrons. The molecule has 2 N–H and O–H groups in total. The molecule has 2 rings (SSSR count). The first kappa shape index (κ1) is 28.3. The average molecular weight is 469 g/mol. The summed E-state index contributed by atoms with van der Waals surface area (Å²) in [5.74, 6) is -0.225. The van der Waals surface area contributed by atoms with Crippen molar-refractivity contribution < 1.29 is 29.2 Å². The molecule has 2 heterocycles. The Labute approximate surface area is 201 Å². The molecule has 1 unspecified atom stereocenters. The Morgan fingerprint density at radius 1 is 0.970 bits per heavy atom. The van der Waals surface area contributed by atoms with Gasteiger partial charge in [-0.2, -0.15) is 0 Å². The highest BCUT2D eigenvalue weighted by molar-refractivity contribution is 5.69. The van der Waals surface area contributed by atoms with Gasteiger partial charge in [0.25, 0.3) is 0 Å². The molecule has 5 atom stereocenters. The molecular formula is C27H48O6. The fraction of sp³-hybridized carbons (Fsp3) is 0.889. The maximum absolute atomic E-state index is 12.3. The number of aliphatic hydroxyl groups is 2. The van der Waals surface area contributed by atoms with Gasteiger partial charge in [-0.1, -0.05) is 77.4 Å². The van der Waals surface area contributed by atoms with Crippen LogP contribution in [0.5, 0.6) is 0 Å². The highest BCUT2D eigenvalue weighted by Gasteiger charge is 2.59. The van der Waals surface area contributed by atoms with Crippen LogP contribution in [-0.2, 0) is 19.0 Å². The normalized spacial score (nSPS) is 29.5. The van der Waals surface area contributed by atoms with Crippen molar-refractivity contribution in [2.75, 3.05) is 19.8 Å². The summed E-state index contributed by atoms with van der Waals surface area (Å²) in [6.45, 7) is 4.64. The standard InChI is InChI=1S/C27H48O6/c1-3-4-5-6-7-8-9-10-11-12-13-14-15-16-17-18-24(30)33-25-23(29)20-31-26(25)27(21-28)22(2)19-32-27/h10-11,22-23,25-26,28-29H,3-9,12-21H2,1-2H3/b11-10-/t22?,23-,25+,26-,27-/m0/s1. The smallest absolute Gasteiger partial charge is 0.306 e. The van der Waals surface area contributed by atoms with Crippen LogP contribution in [0.2, 0.25) is 0 Å². The first-order valence-electron chi connectivity index (χ1n) is 13.4. The summed E-state index contributed by atoms with van der Waals surface area (Å²) < 4.78 is 16.9. The van der Waals surface area contributed by atoms with Crippen LogP contribution in [-0.4, -0.2) is 59.9 Å². The van der Waals surface area contributed by atoms with Gasteiger partial charge in [0, 0.05) is 12.3 Å².